The number of carbonyl (C=O) groups is 1. The lowest BCUT2D eigenvalue weighted by Gasteiger charge is -2.17. The minimum Gasteiger partial charge on any atom is -0.340 e. The Labute approximate surface area is 130 Å². The van der Waals surface area contributed by atoms with Crippen LogP contribution in [-0.4, -0.2) is 27.9 Å². The number of nitrogens with one attached hydrogen (secondary N) is 2. The molecule has 0 radical (unpaired) electrons. The molecular weight excluding hydrogens is 302 g/mol. The summed E-state index contributed by atoms with van der Waals surface area (Å²) in [5.74, 6) is -0.907. The van der Waals surface area contributed by atoms with E-state index in [1.54, 1.807) is 7.05 Å². The molecule has 23 heavy (non-hydrogen) atoms. The quantitative estimate of drug-likeness (QED) is 0.777. The van der Waals surface area contributed by atoms with Gasteiger partial charge >= 0.3 is 6.03 Å². The smallest absolute Gasteiger partial charge is 0.322 e. The Bertz CT molecular complexity index is 829. The zero-order chi connectivity index (χ0) is 16.4. The molecule has 5 nitrogen and oxygen atoms in total. The van der Waals surface area contributed by atoms with Gasteiger partial charge < -0.3 is 15.2 Å². The van der Waals surface area contributed by atoms with E-state index in [2.05, 4.69) is 15.3 Å². The molecular formula is C16H14F2N4O. The Morgan fingerprint density at radius 3 is 2.78 bits per heavy atom. The van der Waals surface area contributed by atoms with E-state index in [0.29, 0.717) is 5.82 Å². The molecule has 2 amide bonds. The zero-order valence-electron chi connectivity index (χ0n) is 12.3. The van der Waals surface area contributed by atoms with Gasteiger partial charge in [-0.05, 0) is 24.3 Å². The third kappa shape index (κ3) is 3.28. The average molecular weight is 316 g/mol. The van der Waals surface area contributed by atoms with Crippen molar-refractivity contribution in [1.82, 2.24) is 14.9 Å². The van der Waals surface area contributed by atoms with Gasteiger partial charge in [-0.1, -0.05) is 12.1 Å². The number of benzene rings is 2. The Kier molecular flexibility index (Phi) is 3.92. The molecule has 0 saturated carbocycles. The maximum absolute atomic E-state index is 13.5. The number of aromatic nitrogens is 2. The van der Waals surface area contributed by atoms with Gasteiger partial charge in [-0.2, -0.15) is 0 Å². The summed E-state index contributed by atoms with van der Waals surface area (Å²) in [4.78, 5) is 20.9. The summed E-state index contributed by atoms with van der Waals surface area (Å²) in [7, 11) is 1.56. The Morgan fingerprint density at radius 1 is 1.26 bits per heavy atom. The third-order valence-corrected chi connectivity index (χ3v) is 3.34. The molecule has 1 aromatic heterocycles. The molecule has 1 heterocycles. The largest absolute Gasteiger partial charge is 0.340 e. The number of fused-ring (bicyclic) bond motifs is 1. The molecule has 0 atom stereocenters. The van der Waals surface area contributed by atoms with Gasteiger partial charge in [-0.25, -0.2) is 18.6 Å². The summed E-state index contributed by atoms with van der Waals surface area (Å²) >= 11 is 0. The average Bonchev–Trinajstić information content (AvgIpc) is 2.92. The highest BCUT2D eigenvalue weighted by atomic mass is 19.1. The van der Waals surface area contributed by atoms with E-state index < -0.39 is 17.7 Å². The number of H-pyrrole nitrogens is 1. The monoisotopic (exact) mass is 316 g/mol. The molecule has 2 N–H and O–H groups in total. The van der Waals surface area contributed by atoms with E-state index >= 15 is 0 Å². The van der Waals surface area contributed by atoms with Gasteiger partial charge in [0, 0.05) is 13.1 Å². The van der Waals surface area contributed by atoms with Crippen LogP contribution >= 0.6 is 0 Å². The number of urea groups is 1. The predicted molar refractivity (Wildman–Crippen MR) is 82.9 cm³/mol. The number of nitrogens with zero attached hydrogens (tertiary/aromatic N) is 2. The molecule has 0 spiro atoms. The number of para-hydroxylation sites is 2. The lowest BCUT2D eigenvalue weighted by Crippen LogP contribution is -2.31. The molecule has 118 valence electrons. The highest BCUT2D eigenvalue weighted by Crippen LogP contribution is 2.16. The molecule has 7 heteroatoms. The van der Waals surface area contributed by atoms with Gasteiger partial charge in [-0.15, -0.1) is 0 Å². The molecule has 0 aliphatic heterocycles. The number of hydrogen-bond acceptors (Lipinski definition) is 2. The number of anilines is 1. The van der Waals surface area contributed by atoms with E-state index in [4.69, 9.17) is 0 Å². The lowest BCUT2D eigenvalue weighted by molar-refractivity contribution is 0.219. The normalized spacial score (nSPS) is 10.7. The summed E-state index contributed by atoms with van der Waals surface area (Å²) < 4.78 is 26.4. The van der Waals surface area contributed by atoms with Gasteiger partial charge in [0.1, 0.15) is 17.5 Å². The number of aromatic amines is 1. The number of carbonyl (C=O) groups excluding carboxylic acids is 1. The first-order valence-corrected chi connectivity index (χ1v) is 6.94. The SMILES string of the molecule is CN(Cc1nc2ccccc2[nH]1)C(=O)Nc1ccc(F)cc1F. The minimum absolute atomic E-state index is 0.0761. The van der Waals surface area contributed by atoms with Crippen LogP contribution in [-0.2, 0) is 6.54 Å². The molecule has 2 aromatic carbocycles. The number of rotatable bonds is 3. The second-order valence-corrected chi connectivity index (χ2v) is 5.11. The summed E-state index contributed by atoms with van der Waals surface area (Å²) in [6, 6.07) is 9.97. The van der Waals surface area contributed by atoms with Gasteiger partial charge in [0.25, 0.3) is 0 Å². The maximum Gasteiger partial charge on any atom is 0.322 e. The number of hydrogen-bond donors (Lipinski definition) is 2. The van der Waals surface area contributed by atoms with Crippen LogP contribution in [0.2, 0.25) is 0 Å². The highest BCUT2D eigenvalue weighted by molar-refractivity contribution is 5.89. The van der Waals surface area contributed by atoms with Crippen molar-refractivity contribution in [2.24, 2.45) is 0 Å². The Balaban J connectivity index is 1.69. The van der Waals surface area contributed by atoms with E-state index in [-0.39, 0.29) is 12.2 Å². The first-order chi connectivity index (χ1) is 11.0. The van der Waals surface area contributed by atoms with Crippen LogP contribution < -0.4 is 5.32 Å². The fourth-order valence-corrected chi connectivity index (χ4v) is 2.18. The van der Waals surface area contributed by atoms with Gasteiger partial charge in [0.2, 0.25) is 0 Å². The van der Waals surface area contributed by atoms with Crippen molar-refractivity contribution in [3.05, 3.63) is 59.9 Å². The fraction of sp³-hybridized carbons (Fsp3) is 0.125. The predicted octanol–water partition coefficient (Wildman–Crippen LogP) is 3.51. The summed E-state index contributed by atoms with van der Waals surface area (Å²) in [6.45, 7) is 0.226. The first kappa shape index (κ1) is 15.0. The summed E-state index contributed by atoms with van der Waals surface area (Å²) in [5.41, 5.74) is 1.61. The maximum atomic E-state index is 13.5. The van der Waals surface area contributed by atoms with Crippen molar-refractivity contribution in [2.75, 3.05) is 12.4 Å². The van der Waals surface area contributed by atoms with Crippen LogP contribution in [0.25, 0.3) is 11.0 Å². The van der Waals surface area contributed by atoms with Crippen LogP contribution in [0.15, 0.2) is 42.5 Å². The van der Waals surface area contributed by atoms with Crippen LogP contribution in [0.4, 0.5) is 19.3 Å². The van der Waals surface area contributed by atoms with Crippen molar-refractivity contribution in [2.45, 2.75) is 6.54 Å². The molecule has 0 saturated heterocycles. The number of imidazole rings is 1. The van der Waals surface area contributed by atoms with Gasteiger partial charge in [0.15, 0.2) is 0 Å². The minimum atomic E-state index is -0.824. The molecule has 0 bridgehead atoms. The van der Waals surface area contributed by atoms with Gasteiger partial charge in [0.05, 0.1) is 23.3 Å². The second-order valence-electron chi connectivity index (χ2n) is 5.11. The van der Waals surface area contributed by atoms with Crippen LogP contribution in [0.5, 0.6) is 0 Å². The van der Waals surface area contributed by atoms with Crippen LogP contribution in [0.3, 0.4) is 0 Å². The first-order valence-electron chi connectivity index (χ1n) is 6.94. The van der Waals surface area contributed by atoms with Crippen molar-refractivity contribution >= 4 is 22.8 Å². The Hall–Kier alpha value is -2.96. The van der Waals surface area contributed by atoms with Crippen LogP contribution in [0, 0.1) is 11.6 Å². The van der Waals surface area contributed by atoms with E-state index in [1.807, 2.05) is 24.3 Å². The molecule has 3 aromatic rings. The van der Waals surface area contributed by atoms with Crippen molar-refractivity contribution < 1.29 is 13.6 Å². The van der Waals surface area contributed by atoms with Crippen molar-refractivity contribution in [3.8, 4) is 0 Å². The van der Waals surface area contributed by atoms with E-state index in [1.165, 1.54) is 11.0 Å². The molecule has 0 aliphatic carbocycles. The summed E-state index contributed by atoms with van der Waals surface area (Å²) in [5, 5.41) is 2.39. The van der Waals surface area contributed by atoms with E-state index in [0.717, 1.165) is 23.2 Å². The molecule has 3 rings (SSSR count). The number of amides is 2. The van der Waals surface area contributed by atoms with Crippen molar-refractivity contribution in [3.63, 3.8) is 0 Å². The Morgan fingerprint density at radius 2 is 2.04 bits per heavy atom. The van der Waals surface area contributed by atoms with Crippen LogP contribution in [0.1, 0.15) is 5.82 Å². The topological polar surface area (TPSA) is 61.0 Å². The third-order valence-electron chi connectivity index (χ3n) is 3.34. The van der Waals surface area contributed by atoms with E-state index in [9.17, 15) is 13.6 Å². The van der Waals surface area contributed by atoms with Crippen molar-refractivity contribution in [1.29, 1.82) is 0 Å². The highest BCUT2D eigenvalue weighted by Gasteiger charge is 2.14. The lowest BCUT2D eigenvalue weighted by atomic mass is 10.3. The standard InChI is InChI=1S/C16H14F2N4O/c1-22(9-15-19-13-4-2-3-5-14(13)20-15)16(23)21-12-7-6-10(17)8-11(12)18/h2-8H,9H2,1H3,(H,19,20)(H,21,23). The molecule has 0 unspecified atom stereocenters. The molecule has 0 aliphatic rings. The molecule has 0 fully saturated rings. The van der Waals surface area contributed by atoms with Gasteiger partial charge in [-0.3, -0.25) is 0 Å². The second kappa shape index (κ2) is 6.04. The summed E-state index contributed by atoms with van der Waals surface area (Å²) in [6.07, 6.45) is 0. The number of halogens is 2. The fourth-order valence-electron chi connectivity index (χ4n) is 2.18. The zero-order valence-corrected chi connectivity index (χ0v) is 12.3.